The lowest BCUT2D eigenvalue weighted by molar-refractivity contribution is -0.122. The molecule has 1 unspecified atom stereocenters. The fourth-order valence-corrected chi connectivity index (χ4v) is 4.13. The van der Waals surface area contributed by atoms with E-state index in [1.165, 1.54) is 12.1 Å². The molecule has 1 aliphatic heterocycles. The summed E-state index contributed by atoms with van der Waals surface area (Å²) in [4.78, 5) is 17.3. The Morgan fingerprint density at radius 2 is 1.89 bits per heavy atom. The number of benzene rings is 1. The Hall–Kier alpha value is -1.48. The van der Waals surface area contributed by atoms with Crippen LogP contribution in [0.25, 0.3) is 0 Å². The molecule has 3 N–H and O–H groups in total. The molecule has 8 heteroatoms. The van der Waals surface area contributed by atoms with Crippen LogP contribution in [-0.2, 0) is 14.8 Å². The van der Waals surface area contributed by atoms with Crippen LogP contribution >= 0.6 is 0 Å². The van der Waals surface area contributed by atoms with E-state index in [-0.39, 0.29) is 16.8 Å². The van der Waals surface area contributed by atoms with E-state index in [2.05, 4.69) is 29.0 Å². The Bertz CT molecular complexity index is 744. The molecule has 1 aromatic rings. The van der Waals surface area contributed by atoms with E-state index >= 15 is 0 Å². The van der Waals surface area contributed by atoms with Crippen molar-refractivity contribution in [2.75, 3.05) is 32.7 Å². The Morgan fingerprint density at radius 3 is 2.46 bits per heavy atom. The first kappa shape index (κ1) is 22.8. The Labute approximate surface area is 169 Å². The normalized spacial score (nSPS) is 17.6. The number of primary sulfonamides is 1. The van der Waals surface area contributed by atoms with Gasteiger partial charge in [0.2, 0.25) is 15.9 Å². The van der Waals surface area contributed by atoms with Crippen LogP contribution in [0.4, 0.5) is 0 Å². The molecule has 28 heavy (non-hydrogen) atoms. The molecule has 1 saturated heterocycles. The molecule has 0 aromatic heterocycles. The molecular formula is C20H34N4O3S. The summed E-state index contributed by atoms with van der Waals surface area (Å²) in [5.74, 6) is -0.00586. The maximum Gasteiger partial charge on any atom is 0.238 e. The van der Waals surface area contributed by atoms with Crippen molar-refractivity contribution in [2.45, 2.75) is 57.0 Å². The van der Waals surface area contributed by atoms with Gasteiger partial charge in [0.15, 0.2) is 0 Å². The number of nitrogens with one attached hydrogen (secondary N) is 1. The van der Waals surface area contributed by atoms with Gasteiger partial charge in [-0.05, 0) is 50.9 Å². The first-order valence-electron chi connectivity index (χ1n) is 10.1. The lowest BCUT2D eigenvalue weighted by Gasteiger charge is -2.36. The van der Waals surface area contributed by atoms with E-state index in [4.69, 9.17) is 5.14 Å². The van der Waals surface area contributed by atoms with Gasteiger partial charge in [0.1, 0.15) is 0 Å². The zero-order valence-corrected chi connectivity index (χ0v) is 18.0. The summed E-state index contributed by atoms with van der Waals surface area (Å²) in [5.41, 5.74) is 0.757. The van der Waals surface area contributed by atoms with Crippen molar-refractivity contribution < 1.29 is 13.2 Å². The second kappa shape index (κ2) is 10.3. The van der Waals surface area contributed by atoms with Gasteiger partial charge in [0.05, 0.1) is 10.9 Å². The van der Waals surface area contributed by atoms with Crippen LogP contribution in [0.1, 0.15) is 51.6 Å². The summed E-state index contributed by atoms with van der Waals surface area (Å²) in [7, 11) is -3.75. The minimum Gasteiger partial charge on any atom is -0.349 e. The molecule has 1 aromatic carbocycles. The number of sulfonamides is 1. The predicted octanol–water partition coefficient (Wildman–Crippen LogP) is 1.71. The second-order valence-corrected chi connectivity index (χ2v) is 9.28. The average Bonchev–Trinajstić information content (AvgIpc) is 2.66. The number of carbonyl (C=O) groups is 1. The first-order chi connectivity index (χ1) is 13.2. The molecule has 1 fully saturated rings. The van der Waals surface area contributed by atoms with Gasteiger partial charge in [-0.2, -0.15) is 0 Å². The van der Waals surface area contributed by atoms with Gasteiger partial charge >= 0.3 is 0 Å². The van der Waals surface area contributed by atoms with Crippen LogP contribution in [0.5, 0.6) is 0 Å². The summed E-state index contributed by atoms with van der Waals surface area (Å²) in [6, 6.07) is 6.85. The number of hydrogen-bond donors (Lipinski definition) is 2. The quantitative estimate of drug-likeness (QED) is 0.646. The first-order valence-corrected chi connectivity index (χ1v) is 11.6. The third kappa shape index (κ3) is 6.84. The molecule has 0 spiro atoms. The van der Waals surface area contributed by atoms with Crippen molar-refractivity contribution in [2.24, 2.45) is 5.14 Å². The number of hydrogen-bond acceptors (Lipinski definition) is 5. The van der Waals surface area contributed by atoms with Crippen molar-refractivity contribution in [3.8, 4) is 0 Å². The van der Waals surface area contributed by atoms with Gasteiger partial charge < -0.3 is 10.2 Å². The predicted molar refractivity (Wildman–Crippen MR) is 111 cm³/mol. The maximum atomic E-state index is 12.4. The number of carbonyl (C=O) groups excluding carboxylic acids is 1. The lowest BCUT2D eigenvalue weighted by atomic mass is 10.0. The highest BCUT2D eigenvalue weighted by Gasteiger charge is 2.19. The summed E-state index contributed by atoms with van der Waals surface area (Å²) < 4.78 is 23.1. The van der Waals surface area contributed by atoms with E-state index in [1.807, 2.05) is 13.0 Å². The van der Waals surface area contributed by atoms with E-state index in [1.54, 1.807) is 6.07 Å². The largest absolute Gasteiger partial charge is 0.349 e. The molecule has 0 saturated carbocycles. The van der Waals surface area contributed by atoms with Crippen LogP contribution in [0.3, 0.4) is 0 Å². The molecule has 1 heterocycles. The summed E-state index contributed by atoms with van der Waals surface area (Å²) in [6.07, 6.45) is 1.97. The fourth-order valence-electron chi connectivity index (χ4n) is 3.56. The van der Waals surface area contributed by atoms with E-state index in [0.29, 0.717) is 18.9 Å². The minimum absolute atomic E-state index is 0.00586. The van der Waals surface area contributed by atoms with Gasteiger partial charge in [-0.15, -0.1) is 0 Å². The molecule has 0 aliphatic carbocycles. The van der Waals surface area contributed by atoms with Gasteiger partial charge in [0.25, 0.3) is 0 Å². The molecular weight excluding hydrogens is 376 g/mol. The molecule has 7 nitrogen and oxygen atoms in total. The third-order valence-electron chi connectivity index (χ3n) is 5.35. The SMILES string of the molecule is CCC(NC(=O)CCCN1CCN(C(C)C)CC1)c1cccc(S(N)(=O)=O)c1. The van der Waals surface area contributed by atoms with Crippen LogP contribution in [0.2, 0.25) is 0 Å². The third-order valence-corrected chi connectivity index (χ3v) is 6.26. The summed E-state index contributed by atoms with van der Waals surface area (Å²) in [6.45, 7) is 11.6. The summed E-state index contributed by atoms with van der Waals surface area (Å²) >= 11 is 0. The van der Waals surface area contributed by atoms with Crippen LogP contribution in [0, 0.1) is 0 Å². The van der Waals surface area contributed by atoms with E-state index < -0.39 is 10.0 Å². The summed E-state index contributed by atoms with van der Waals surface area (Å²) in [5, 5.41) is 8.23. The topological polar surface area (TPSA) is 95.7 Å². The monoisotopic (exact) mass is 410 g/mol. The minimum atomic E-state index is -3.75. The standard InChI is InChI=1S/C20H34N4O3S/c1-4-19(17-7-5-8-18(15-17)28(21,26)27)22-20(25)9-6-10-23-11-13-24(14-12-23)16(2)3/h5,7-8,15-16,19H,4,6,9-14H2,1-3H3,(H,22,25)(H2,21,26,27). The number of amides is 1. The lowest BCUT2D eigenvalue weighted by Crippen LogP contribution is -2.49. The van der Waals surface area contributed by atoms with Crippen LogP contribution in [-0.4, -0.2) is 62.9 Å². The van der Waals surface area contributed by atoms with Crippen LogP contribution < -0.4 is 10.5 Å². The van der Waals surface area contributed by atoms with Crippen molar-refractivity contribution in [3.05, 3.63) is 29.8 Å². The highest BCUT2D eigenvalue weighted by Crippen LogP contribution is 2.20. The molecule has 1 aliphatic rings. The smallest absolute Gasteiger partial charge is 0.238 e. The molecule has 1 atom stereocenters. The number of piperazine rings is 1. The zero-order valence-electron chi connectivity index (χ0n) is 17.2. The number of nitrogens with zero attached hydrogens (tertiary/aromatic N) is 2. The molecule has 0 bridgehead atoms. The van der Waals surface area contributed by atoms with Gasteiger partial charge in [-0.25, -0.2) is 13.6 Å². The second-order valence-electron chi connectivity index (χ2n) is 7.72. The highest BCUT2D eigenvalue weighted by atomic mass is 32.2. The average molecular weight is 411 g/mol. The molecule has 1 amide bonds. The van der Waals surface area contributed by atoms with Crippen molar-refractivity contribution in [1.82, 2.24) is 15.1 Å². The fraction of sp³-hybridized carbons (Fsp3) is 0.650. The Morgan fingerprint density at radius 1 is 1.21 bits per heavy atom. The van der Waals surface area contributed by atoms with Gasteiger partial charge in [-0.3, -0.25) is 9.69 Å². The number of rotatable bonds is 9. The molecule has 0 radical (unpaired) electrons. The van der Waals surface area contributed by atoms with Crippen molar-refractivity contribution in [3.63, 3.8) is 0 Å². The van der Waals surface area contributed by atoms with E-state index in [9.17, 15) is 13.2 Å². The molecule has 2 rings (SSSR count). The number of nitrogens with two attached hydrogens (primary N) is 1. The zero-order chi connectivity index (χ0) is 20.7. The van der Waals surface area contributed by atoms with Gasteiger partial charge in [-0.1, -0.05) is 19.1 Å². The molecule has 158 valence electrons. The Kier molecular flexibility index (Phi) is 8.42. The van der Waals surface area contributed by atoms with Crippen molar-refractivity contribution in [1.29, 1.82) is 0 Å². The maximum absolute atomic E-state index is 12.4. The highest BCUT2D eigenvalue weighted by molar-refractivity contribution is 7.89. The Balaban J connectivity index is 1.80. The van der Waals surface area contributed by atoms with Gasteiger partial charge in [0, 0.05) is 38.6 Å². The van der Waals surface area contributed by atoms with Crippen molar-refractivity contribution >= 4 is 15.9 Å². The van der Waals surface area contributed by atoms with Crippen LogP contribution in [0.15, 0.2) is 29.2 Å². The van der Waals surface area contributed by atoms with E-state index in [0.717, 1.165) is 44.7 Å².